The lowest BCUT2D eigenvalue weighted by Gasteiger charge is -2.40. The highest BCUT2D eigenvalue weighted by atomic mass is 35.5. The maximum Gasteiger partial charge on any atom is 0.233 e. The number of carbonyl (C=O) groups is 2. The first-order valence-corrected chi connectivity index (χ1v) is 16.0. The topological polar surface area (TPSA) is 94.3 Å². The molecule has 240 valence electrons. The average Bonchev–Trinajstić information content (AvgIpc) is 3.37. The predicted octanol–water partition coefficient (Wildman–Crippen LogP) is 5.99. The van der Waals surface area contributed by atoms with Gasteiger partial charge in [-0.05, 0) is 92.7 Å². The fourth-order valence-corrected chi connectivity index (χ4v) is 7.37. The van der Waals surface area contributed by atoms with Crippen molar-refractivity contribution in [3.8, 4) is 17.2 Å². The van der Waals surface area contributed by atoms with Crippen molar-refractivity contribution in [3.63, 3.8) is 0 Å². The SMILES string of the molecule is COc1cc(CN2CCC(CCCN3CCC(C(N)=O)(c4ccccc4)CC3)(c3ccc(Cl)c(Cl)c3)C2=O)cc(OC)c1OC. The zero-order chi connectivity index (χ0) is 32.2. The van der Waals surface area contributed by atoms with E-state index in [2.05, 4.69) is 4.90 Å². The molecule has 3 aromatic carbocycles. The molecule has 0 aromatic heterocycles. The average molecular weight is 655 g/mol. The fourth-order valence-electron chi connectivity index (χ4n) is 7.07. The molecular weight excluding hydrogens is 613 g/mol. The first-order valence-electron chi connectivity index (χ1n) is 15.3. The Kier molecular flexibility index (Phi) is 10.2. The Labute approximate surface area is 275 Å². The second-order valence-corrected chi connectivity index (χ2v) is 12.8. The van der Waals surface area contributed by atoms with E-state index in [1.54, 1.807) is 27.4 Å². The van der Waals surface area contributed by atoms with Crippen LogP contribution >= 0.6 is 23.2 Å². The van der Waals surface area contributed by atoms with E-state index in [0.29, 0.717) is 66.1 Å². The van der Waals surface area contributed by atoms with Gasteiger partial charge in [0.25, 0.3) is 0 Å². The fraction of sp³-hybridized carbons (Fsp3) is 0.429. The standard InChI is InChI=1S/C35H41Cl2N3O5/c1-43-29-20-24(21-30(44-2)31(29)45-3)23-40-19-15-35(33(40)42,26-10-11-27(36)28(37)22-26)12-7-16-39-17-13-34(14-18-39,32(38)41)25-8-5-4-6-9-25/h4-6,8-11,20-22H,7,12-19,23H2,1-3H3,(H2,38,41). The third-order valence-electron chi connectivity index (χ3n) is 9.66. The highest BCUT2D eigenvalue weighted by Gasteiger charge is 2.48. The van der Waals surface area contributed by atoms with Gasteiger partial charge < -0.3 is 29.7 Å². The second kappa shape index (κ2) is 13.9. The Morgan fingerprint density at radius 2 is 1.51 bits per heavy atom. The summed E-state index contributed by atoms with van der Waals surface area (Å²) < 4.78 is 16.6. The summed E-state index contributed by atoms with van der Waals surface area (Å²) in [4.78, 5) is 31.3. The van der Waals surface area contributed by atoms with Crippen LogP contribution in [0.5, 0.6) is 17.2 Å². The van der Waals surface area contributed by atoms with E-state index < -0.39 is 10.8 Å². The number of nitrogens with two attached hydrogens (primary N) is 1. The van der Waals surface area contributed by atoms with Crippen LogP contribution in [0.2, 0.25) is 10.0 Å². The van der Waals surface area contributed by atoms with Gasteiger partial charge in [-0.3, -0.25) is 9.59 Å². The zero-order valence-corrected chi connectivity index (χ0v) is 27.6. The Hall–Kier alpha value is -3.46. The van der Waals surface area contributed by atoms with Crippen molar-refractivity contribution in [2.75, 3.05) is 47.5 Å². The highest BCUT2D eigenvalue weighted by Crippen LogP contribution is 2.44. The molecule has 2 amide bonds. The number of likely N-dealkylation sites (tertiary alicyclic amines) is 2. The molecule has 8 nitrogen and oxygen atoms in total. The monoisotopic (exact) mass is 653 g/mol. The van der Waals surface area contributed by atoms with Gasteiger partial charge in [-0.1, -0.05) is 59.6 Å². The van der Waals surface area contributed by atoms with E-state index in [4.69, 9.17) is 43.1 Å². The van der Waals surface area contributed by atoms with Crippen LogP contribution in [0.25, 0.3) is 0 Å². The summed E-state index contributed by atoms with van der Waals surface area (Å²) in [6, 6.07) is 19.2. The van der Waals surface area contributed by atoms with Gasteiger partial charge in [-0.25, -0.2) is 0 Å². The first kappa shape index (κ1) is 32.9. The van der Waals surface area contributed by atoms with Crippen molar-refractivity contribution in [2.45, 2.75) is 49.5 Å². The Bertz CT molecular complexity index is 1500. The van der Waals surface area contributed by atoms with Crippen molar-refractivity contribution in [2.24, 2.45) is 5.73 Å². The molecule has 2 heterocycles. The molecule has 0 saturated carbocycles. The summed E-state index contributed by atoms with van der Waals surface area (Å²) >= 11 is 12.8. The van der Waals surface area contributed by atoms with Crippen molar-refractivity contribution in [1.29, 1.82) is 0 Å². The van der Waals surface area contributed by atoms with E-state index in [1.165, 1.54) is 0 Å². The van der Waals surface area contributed by atoms with Crippen LogP contribution in [0, 0.1) is 0 Å². The van der Waals surface area contributed by atoms with Crippen LogP contribution in [0.1, 0.15) is 48.8 Å². The quantitative estimate of drug-likeness (QED) is 0.258. The summed E-state index contributed by atoms with van der Waals surface area (Å²) in [5.41, 5.74) is 7.33. The molecule has 0 radical (unpaired) electrons. The maximum atomic E-state index is 14.4. The molecule has 2 aliphatic rings. The van der Waals surface area contributed by atoms with Gasteiger partial charge in [0.2, 0.25) is 17.6 Å². The summed E-state index contributed by atoms with van der Waals surface area (Å²) in [7, 11) is 4.72. The number of piperidine rings is 1. The molecule has 1 unspecified atom stereocenters. The zero-order valence-electron chi connectivity index (χ0n) is 26.1. The molecule has 5 rings (SSSR count). The lowest BCUT2D eigenvalue weighted by molar-refractivity contribution is -0.133. The van der Waals surface area contributed by atoms with Crippen LogP contribution < -0.4 is 19.9 Å². The summed E-state index contributed by atoms with van der Waals surface area (Å²) in [5.74, 6) is 1.39. The van der Waals surface area contributed by atoms with Gasteiger partial charge in [0.15, 0.2) is 11.5 Å². The smallest absolute Gasteiger partial charge is 0.233 e. The predicted molar refractivity (Wildman–Crippen MR) is 176 cm³/mol. The number of halogens is 2. The van der Waals surface area contributed by atoms with Crippen molar-refractivity contribution in [3.05, 3.63) is 87.4 Å². The van der Waals surface area contributed by atoms with Crippen molar-refractivity contribution < 1.29 is 23.8 Å². The molecule has 10 heteroatoms. The summed E-state index contributed by atoms with van der Waals surface area (Å²) in [6.45, 7) is 3.33. The minimum Gasteiger partial charge on any atom is -0.493 e. The molecule has 2 aliphatic heterocycles. The number of carbonyl (C=O) groups excluding carboxylic acids is 2. The number of primary amides is 1. The first-order chi connectivity index (χ1) is 21.7. The van der Waals surface area contributed by atoms with Gasteiger partial charge in [0.1, 0.15) is 0 Å². The lowest BCUT2D eigenvalue weighted by Crippen LogP contribution is -2.50. The van der Waals surface area contributed by atoms with Gasteiger partial charge in [-0.2, -0.15) is 0 Å². The molecule has 3 aromatic rings. The van der Waals surface area contributed by atoms with Crippen LogP contribution in [0.4, 0.5) is 0 Å². The third-order valence-corrected chi connectivity index (χ3v) is 10.4. The van der Waals surface area contributed by atoms with E-state index in [0.717, 1.165) is 42.7 Å². The molecule has 0 spiro atoms. The third kappa shape index (κ3) is 6.46. The number of amides is 2. The number of benzene rings is 3. The van der Waals surface area contributed by atoms with E-state index >= 15 is 0 Å². The van der Waals surface area contributed by atoms with E-state index in [9.17, 15) is 9.59 Å². The summed E-state index contributed by atoms with van der Waals surface area (Å²) in [5, 5.41) is 0.893. The number of nitrogens with zero attached hydrogens (tertiary/aromatic N) is 2. The Morgan fingerprint density at radius 1 is 0.844 bits per heavy atom. The van der Waals surface area contributed by atoms with Gasteiger partial charge in [0.05, 0.1) is 42.2 Å². The molecule has 2 fully saturated rings. The second-order valence-electron chi connectivity index (χ2n) is 12.0. The van der Waals surface area contributed by atoms with Gasteiger partial charge in [0, 0.05) is 13.1 Å². The number of hydrogen-bond acceptors (Lipinski definition) is 6. The Morgan fingerprint density at radius 3 is 2.09 bits per heavy atom. The molecule has 2 N–H and O–H groups in total. The Balaban J connectivity index is 1.32. The molecule has 1 atom stereocenters. The number of methoxy groups -OCH3 is 3. The minimum absolute atomic E-state index is 0.0603. The van der Waals surface area contributed by atoms with E-state index in [1.807, 2.05) is 59.5 Å². The molecule has 0 bridgehead atoms. The molecule has 45 heavy (non-hydrogen) atoms. The van der Waals surface area contributed by atoms with Crippen LogP contribution in [-0.4, -0.2) is 69.1 Å². The number of rotatable bonds is 12. The summed E-state index contributed by atoms with van der Waals surface area (Å²) in [6.07, 6.45) is 3.47. The number of ether oxygens (including phenoxy) is 3. The molecule has 2 saturated heterocycles. The van der Waals surface area contributed by atoms with Crippen LogP contribution in [-0.2, 0) is 27.0 Å². The van der Waals surface area contributed by atoms with Crippen LogP contribution in [0.15, 0.2) is 60.7 Å². The largest absolute Gasteiger partial charge is 0.493 e. The van der Waals surface area contributed by atoms with Gasteiger partial charge >= 0.3 is 0 Å². The van der Waals surface area contributed by atoms with Crippen molar-refractivity contribution in [1.82, 2.24) is 9.80 Å². The molecular formula is C35H41Cl2N3O5. The highest BCUT2D eigenvalue weighted by molar-refractivity contribution is 6.42. The van der Waals surface area contributed by atoms with Gasteiger partial charge in [-0.15, -0.1) is 0 Å². The molecule has 0 aliphatic carbocycles. The normalized spacial score (nSPS) is 19.8. The maximum absolute atomic E-state index is 14.4. The van der Waals surface area contributed by atoms with Crippen LogP contribution in [0.3, 0.4) is 0 Å². The lowest BCUT2D eigenvalue weighted by atomic mass is 9.72. The minimum atomic E-state index is -0.730. The number of hydrogen-bond donors (Lipinski definition) is 1. The van der Waals surface area contributed by atoms with E-state index in [-0.39, 0.29) is 11.8 Å². The van der Waals surface area contributed by atoms with Crippen molar-refractivity contribution >= 4 is 35.0 Å².